The Labute approximate surface area is 137 Å². The van der Waals surface area contributed by atoms with Gasteiger partial charge in [-0.15, -0.1) is 11.3 Å². The van der Waals surface area contributed by atoms with Gasteiger partial charge in [-0.2, -0.15) is 0 Å². The molecule has 1 aliphatic rings. The van der Waals surface area contributed by atoms with Crippen LogP contribution in [0.5, 0.6) is 0 Å². The molecule has 2 aromatic heterocycles. The maximum absolute atomic E-state index is 12.5. The van der Waals surface area contributed by atoms with Gasteiger partial charge in [0.25, 0.3) is 5.91 Å². The quantitative estimate of drug-likeness (QED) is 0.802. The molecule has 3 aromatic rings. The van der Waals surface area contributed by atoms with Crippen LogP contribution in [0.2, 0.25) is 0 Å². The molecule has 1 N–H and O–H groups in total. The zero-order chi connectivity index (χ0) is 15.6. The van der Waals surface area contributed by atoms with Crippen molar-refractivity contribution in [2.45, 2.75) is 0 Å². The largest absolute Gasteiger partial charge is 0.378 e. The molecule has 23 heavy (non-hydrogen) atoms. The normalized spacial score (nSPS) is 15.0. The van der Waals surface area contributed by atoms with Crippen LogP contribution in [-0.4, -0.2) is 41.6 Å². The van der Waals surface area contributed by atoms with Gasteiger partial charge in [0.15, 0.2) is 4.96 Å². The van der Waals surface area contributed by atoms with E-state index >= 15 is 0 Å². The lowest BCUT2D eigenvalue weighted by Crippen LogP contribution is -2.36. The fourth-order valence-electron chi connectivity index (χ4n) is 2.68. The summed E-state index contributed by atoms with van der Waals surface area (Å²) in [6.45, 7) is 3.07. The number of amides is 1. The standard InChI is InChI=1S/C16H16N4O2S/c21-15(13-11-20-7-10-23-16(20)18-13)17-12-3-1-2-4-14(12)19-5-8-22-9-6-19/h1-4,7,10-11H,5-6,8-9H2,(H,17,21). The van der Waals surface area contributed by atoms with Gasteiger partial charge in [0.05, 0.1) is 24.6 Å². The van der Waals surface area contributed by atoms with Crippen molar-refractivity contribution in [3.05, 3.63) is 47.7 Å². The predicted molar refractivity (Wildman–Crippen MR) is 90.5 cm³/mol. The molecule has 0 unspecified atom stereocenters. The van der Waals surface area contributed by atoms with Crippen molar-refractivity contribution >= 4 is 33.6 Å². The lowest BCUT2D eigenvalue weighted by Gasteiger charge is -2.30. The number of benzene rings is 1. The highest BCUT2D eigenvalue weighted by Gasteiger charge is 2.17. The summed E-state index contributed by atoms with van der Waals surface area (Å²) in [7, 11) is 0. The Morgan fingerprint density at radius 1 is 1.26 bits per heavy atom. The van der Waals surface area contributed by atoms with Crippen LogP contribution < -0.4 is 10.2 Å². The molecule has 0 atom stereocenters. The topological polar surface area (TPSA) is 58.9 Å². The highest BCUT2D eigenvalue weighted by Crippen LogP contribution is 2.26. The molecule has 7 heteroatoms. The number of fused-ring (bicyclic) bond motifs is 1. The van der Waals surface area contributed by atoms with E-state index in [1.165, 1.54) is 11.3 Å². The first-order chi connectivity index (χ1) is 11.3. The van der Waals surface area contributed by atoms with Crippen LogP contribution in [0.15, 0.2) is 42.0 Å². The number of nitrogens with one attached hydrogen (secondary N) is 1. The zero-order valence-corrected chi connectivity index (χ0v) is 13.3. The Morgan fingerprint density at radius 2 is 2.09 bits per heavy atom. The summed E-state index contributed by atoms with van der Waals surface area (Å²) in [4.78, 5) is 19.9. The first-order valence-corrected chi connectivity index (χ1v) is 8.34. The van der Waals surface area contributed by atoms with Crippen molar-refractivity contribution in [3.8, 4) is 0 Å². The number of aromatic nitrogens is 2. The Hall–Kier alpha value is -2.38. The molecule has 6 nitrogen and oxygen atoms in total. The summed E-state index contributed by atoms with van der Waals surface area (Å²) in [5.41, 5.74) is 2.24. The lowest BCUT2D eigenvalue weighted by atomic mass is 10.2. The van der Waals surface area contributed by atoms with Crippen LogP contribution in [0, 0.1) is 0 Å². The SMILES string of the molecule is O=C(Nc1ccccc1N1CCOCC1)c1cn2ccsc2n1. The van der Waals surface area contributed by atoms with Gasteiger partial charge in [-0.25, -0.2) is 4.98 Å². The molecule has 1 fully saturated rings. The third kappa shape index (κ3) is 2.80. The molecule has 0 aliphatic carbocycles. The summed E-state index contributed by atoms with van der Waals surface area (Å²) in [5.74, 6) is -0.193. The first kappa shape index (κ1) is 14.2. The molecule has 1 amide bonds. The average Bonchev–Trinajstić information content (AvgIpc) is 3.18. The lowest BCUT2D eigenvalue weighted by molar-refractivity contribution is 0.102. The summed E-state index contributed by atoms with van der Waals surface area (Å²) in [5, 5.41) is 4.92. The smallest absolute Gasteiger partial charge is 0.275 e. The van der Waals surface area contributed by atoms with E-state index in [1.807, 2.05) is 40.2 Å². The van der Waals surface area contributed by atoms with E-state index < -0.39 is 0 Å². The van der Waals surface area contributed by atoms with Gasteiger partial charge >= 0.3 is 0 Å². The van der Waals surface area contributed by atoms with E-state index in [0.717, 1.165) is 29.4 Å². The number of anilines is 2. The molecule has 0 spiro atoms. The van der Waals surface area contributed by atoms with Crippen LogP contribution in [0.3, 0.4) is 0 Å². The van der Waals surface area contributed by atoms with E-state index in [-0.39, 0.29) is 5.91 Å². The predicted octanol–water partition coefficient (Wildman–Crippen LogP) is 2.48. The minimum absolute atomic E-state index is 0.193. The van der Waals surface area contributed by atoms with Gasteiger partial charge in [-0.05, 0) is 12.1 Å². The molecular formula is C16H16N4O2S. The summed E-state index contributed by atoms with van der Waals surface area (Å²) < 4.78 is 7.25. The number of thiazole rings is 1. The monoisotopic (exact) mass is 328 g/mol. The molecule has 1 aromatic carbocycles. The maximum Gasteiger partial charge on any atom is 0.275 e. The van der Waals surface area contributed by atoms with E-state index in [0.29, 0.717) is 18.9 Å². The number of carbonyl (C=O) groups excluding carboxylic acids is 1. The minimum atomic E-state index is -0.193. The van der Waals surface area contributed by atoms with Crippen LogP contribution in [-0.2, 0) is 4.74 Å². The second-order valence-electron chi connectivity index (χ2n) is 5.29. The van der Waals surface area contributed by atoms with Gasteiger partial charge in [-0.3, -0.25) is 9.20 Å². The molecule has 3 heterocycles. The highest BCUT2D eigenvalue weighted by atomic mass is 32.1. The van der Waals surface area contributed by atoms with Crippen LogP contribution >= 0.6 is 11.3 Å². The average molecular weight is 328 g/mol. The zero-order valence-electron chi connectivity index (χ0n) is 12.4. The van der Waals surface area contributed by atoms with Crippen molar-refractivity contribution in [1.82, 2.24) is 9.38 Å². The molecular weight excluding hydrogens is 312 g/mol. The van der Waals surface area contributed by atoms with E-state index in [4.69, 9.17) is 4.74 Å². The molecule has 0 bridgehead atoms. The van der Waals surface area contributed by atoms with E-state index in [1.54, 1.807) is 6.20 Å². The minimum Gasteiger partial charge on any atom is -0.378 e. The fourth-order valence-corrected chi connectivity index (χ4v) is 3.38. The number of morpholine rings is 1. The van der Waals surface area contributed by atoms with Crippen molar-refractivity contribution in [1.29, 1.82) is 0 Å². The van der Waals surface area contributed by atoms with Gasteiger partial charge in [0.1, 0.15) is 5.69 Å². The van der Waals surface area contributed by atoms with Gasteiger partial charge in [0, 0.05) is 30.9 Å². The number of rotatable bonds is 3. The van der Waals surface area contributed by atoms with Crippen molar-refractivity contribution in [3.63, 3.8) is 0 Å². The third-order valence-electron chi connectivity index (χ3n) is 3.83. The highest BCUT2D eigenvalue weighted by molar-refractivity contribution is 7.15. The van der Waals surface area contributed by atoms with Crippen molar-refractivity contribution in [2.75, 3.05) is 36.5 Å². The van der Waals surface area contributed by atoms with Gasteiger partial charge in [0.2, 0.25) is 0 Å². The number of ether oxygens (including phenoxy) is 1. The number of carbonyl (C=O) groups is 1. The second kappa shape index (κ2) is 6.02. The molecule has 0 saturated carbocycles. The Bertz CT molecular complexity index is 807. The van der Waals surface area contributed by atoms with Gasteiger partial charge in [-0.1, -0.05) is 12.1 Å². The number of hydrogen-bond donors (Lipinski definition) is 1. The molecule has 1 aliphatic heterocycles. The van der Waals surface area contributed by atoms with E-state index in [9.17, 15) is 4.79 Å². The molecule has 1 saturated heterocycles. The summed E-state index contributed by atoms with van der Waals surface area (Å²) >= 11 is 1.51. The summed E-state index contributed by atoms with van der Waals surface area (Å²) in [6, 6.07) is 7.84. The van der Waals surface area contributed by atoms with Crippen LogP contribution in [0.4, 0.5) is 11.4 Å². The van der Waals surface area contributed by atoms with Crippen molar-refractivity contribution < 1.29 is 9.53 Å². The van der Waals surface area contributed by atoms with Crippen LogP contribution in [0.1, 0.15) is 10.5 Å². The first-order valence-electron chi connectivity index (χ1n) is 7.46. The van der Waals surface area contributed by atoms with E-state index in [2.05, 4.69) is 15.2 Å². The number of para-hydroxylation sites is 2. The van der Waals surface area contributed by atoms with Crippen LogP contribution in [0.25, 0.3) is 4.96 Å². The Morgan fingerprint density at radius 3 is 2.91 bits per heavy atom. The Balaban J connectivity index is 1.58. The second-order valence-corrected chi connectivity index (χ2v) is 6.16. The summed E-state index contributed by atoms with van der Waals surface area (Å²) in [6.07, 6.45) is 3.64. The fraction of sp³-hybridized carbons (Fsp3) is 0.250. The number of imidazole rings is 1. The third-order valence-corrected chi connectivity index (χ3v) is 4.60. The Kier molecular flexibility index (Phi) is 3.72. The maximum atomic E-state index is 12.5. The molecule has 4 rings (SSSR count). The molecule has 118 valence electrons. The van der Waals surface area contributed by atoms with Gasteiger partial charge < -0.3 is 15.0 Å². The number of nitrogens with zero attached hydrogens (tertiary/aromatic N) is 3. The van der Waals surface area contributed by atoms with Crippen molar-refractivity contribution in [2.24, 2.45) is 0 Å². The molecule has 0 radical (unpaired) electrons. The number of hydrogen-bond acceptors (Lipinski definition) is 5.